The van der Waals surface area contributed by atoms with Gasteiger partial charge in [0.15, 0.2) is 5.69 Å². The highest BCUT2D eigenvalue weighted by Crippen LogP contribution is 2.28. The van der Waals surface area contributed by atoms with Crippen molar-refractivity contribution in [2.75, 3.05) is 0 Å². The van der Waals surface area contributed by atoms with Crippen molar-refractivity contribution in [1.29, 1.82) is 0 Å². The lowest BCUT2D eigenvalue weighted by molar-refractivity contribution is 0.0845. The number of amides is 2. The summed E-state index contributed by atoms with van der Waals surface area (Å²) in [5, 5.41) is 7.70. The molecule has 10 heteroatoms. The van der Waals surface area contributed by atoms with Gasteiger partial charge in [-0.3, -0.25) is 25.2 Å². The van der Waals surface area contributed by atoms with Gasteiger partial charge in [0.25, 0.3) is 17.4 Å². The maximum atomic E-state index is 12.8. The SMILES string of the molecule is CC(C)n1nc(C(=O)NNC(=O)c2cnc(-c3cccs3)s2)c2ccccc2c1=O. The molecule has 0 radical (unpaired) electrons. The minimum atomic E-state index is -0.614. The van der Waals surface area contributed by atoms with Gasteiger partial charge in [0.1, 0.15) is 9.88 Å². The second-order valence-corrected chi connectivity index (χ2v) is 8.63. The largest absolute Gasteiger partial charge is 0.290 e. The van der Waals surface area contributed by atoms with Crippen molar-refractivity contribution >= 4 is 45.3 Å². The predicted molar refractivity (Wildman–Crippen MR) is 117 cm³/mol. The van der Waals surface area contributed by atoms with Crippen LogP contribution in [-0.4, -0.2) is 26.6 Å². The van der Waals surface area contributed by atoms with E-state index in [1.165, 1.54) is 33.6 Å². The maximum Gasteiger partial charge on any atom is 0.290 e. The molecule has 0 bridgehead atoms. The molecule has 2 amide bonds. The highest BCUT2D eigenvalue weighted by Gasteiger charge is 2.19. The van der Waals surface area contributed by atoms with E-state index in [0.29, 0.717) is 15.6 Å². The van der Waals surface area contributed by atoms with Gasteiger partial charge in [0, 0.05) is 5.39 Å². The number of hydrogen-bond donors (Lipinski definition) is 2. The van der Waals surface area contributed by atoms with Gasteiger partial charge >= 0.3 is 0 Å². The zero-order valence-electron chi connectivity index (χ0n) is 16.1. The summed E-state index contributed by atoms with van der Waals surface area (Å²) in [7, 11) is 0. The van der Waals surface area contributed by atoms with Gasteiger partial charge in [0.05, 0.1) is 22.5 Å². The number of nitrogens with zero attached hydrogens (tertiary/aromatic N) is 3. The summed E-state index contributed by atoms with van der Waals surface area (Å²) in [6.45, 7) is 3.61. The van der Waals surface area contributed by atoms with E-state index in [1.807, 2.05) is 31.4 Å². The summed E-state index contributed by atoms with van der Waals surface area (Å²) in [5.41, 5.74) is 4.56. The van der Waals surface area contributed by atoms with Crippen molar-refractivity contribution in [1.82, 2.24) is 25.6 Å². The van der Waals surface area contributed by atoms with Crippen LogP contribution in [0.4, 0.5) is 0 Å². The van der Waals surface area contributed by atoms with E-state index in [0.717, 1.165) is 9.88 Å². The number of fused-ring (bicyclic) bond motifs is 1. The molecule has 0 fully saturated rings. The summed E-state index contributed by atoms with van der Waals surface area (Å²) >= 11 is 2.76. The molecular weight excluding hydrogens is 422 g/mol. The van der Waals surface area contributed by atoms with Crippen LogP contribution in [0, 0.1) is 0 Å². The summed E-state index contributed by atoms with van der Waals surface area (Å²) in [4.78, 5) is 43.4. The van der Waals surface area contributed by atoms with Crippen molar-refractivity contribution in [3.05, 3.63) is 68.9 Å². The highest BCUT2D eigenvalue weighted by atomic mass is 32.1. The minimum Gasteiger partial charge on any atom is -0.267 e. The first-order valence-corrected chi connectivity index (χ1v) is 10.8. The Hall–Kier alpha value is -3.37. The van der Waals surface area contributed by atoms with Gasteiger partial charge in [-0.2, -0.15) is 5.10 Å². The second kappa shape index (κ2) is 8.17. The molecule has 0 aliphatic carbocycles. The van der Waals surface area contributed by atoms with Crippen LogP contribution >= 0.6 is 22.7 Å². The zero-order chi connectivity index (χ0) is 21.3. The lowest BCUT2D eigenvalue weighted by atomic mass is 10.1. The van der Waals surface area contributed by atoms with E-state index >= 15 is 0 Å². The second-order valence-electron chi connectivity index (χ2n) is 6.65. The quantitative estimate of drug-likeness (QED) is 0.475. The van der Waals surface area contributed by atoms with E-state index in [1.54, 1.807) is 24.3 Å². The molecule has 1 aromatic carbocycles. The maximum absolute atomic E-state index is 12.8. The number of carbonyl (C=O) groups excluding carboxylic acids is 2. The van der Waals surface area contributed by atoms with Crippen LogP contribution in [0.1, 0.15) is 40.0 Å². The predicted octanol–water partition coefficient (Wildman–Crippen LogP) is 3.24. The Bertz CT molecular complexity index is 1290. The fourth-order valence-corrected chi connectivity index (χ4v) is 4.47. The van der Waals surface area contributed by atoms with Crippen LogP contribution in [0.25, 0.3) is 20.7 Å². The molecule has 0 saturated carbocycles. The number of aromatic nitrogens is 3. The van der Waals surface area contributed by atoms with E-state index in [9.17, 15) is 14.4 Å². The first-order chi connectivity index (χ1) is 14.5. The third-order valence-electron chi connectivity index (χ3n) is 4.28. The third kappa shape index (κ3) is 3.74. The molecule has 0 aliphatic heterocycles. The zero-order valence-corrected chi connectivity index (χ0v) is 17.7. The average molecular weight is 440 g/mol. The van der Waals surface area contributed by atoms with Crippen LogP contribution < -0.4 is 16.4 Å². The molecule has 3 heterocycles. The summed E-state index contributed by atoms with van der Waals surface area (Å²) < 4.78 is 1.26. The smallest absolute Gasteiger partial charge is 0.267 e. The number of benzene rings is 1. The van der Waals surface area contributed by atoms with E-state index in [-0.39, 0.29) is 17.3 Å². The van der Waals surface area contributed by atoms with E-state index in [2.05, 4.69) is 20.9 Å². The van der Waals surface area contributed by atoms with Gasteiger partial charge in [0.2, 0.25) is 0 Å². The van der Waals surface area contributed by atoms with E-state index < -0.39 is 11.8 Å². The molecule has 30 heavy (non-hydrogen) atoms. The molecule has 4 aromatic rings. The van der Waals surface area contributed by atoms with Crippen molar-refractivity contribution in [3.8, 4) is 9.88 Å². The Morgan fingerprint density at radius 1 is 1.03 bits per heavy atom. The van der Waals surface area contributed by atoms with Crippen molar-refractivity contribution in [2.45, 2.75) is 19.9 Å². The number of thiazole rings is 1. The molecule has 0 saturated heterocycles. The Kier molecular flexibility index (Phi) is 5.42. The van der Waals surface area contributed by atoms with Crippen LogP contribution in [0.3, 0.4) is 0 Å². The number of hydrazine groups is 1. The highest BCUT2D eigenvalue weighted by molar-refractivity contribution is 7.21. The minimum absolute atomic E-state index is 0.0581. The Labute approximate surface area is 179 Å². The number of carbonyl (C=O) groups is 2. The molecule has 2 N–H and O–H groups in total. The molecule has 3 aromatic heterocycles. The molecule has 4 rings (SSSR count). The van der Waals surface area contributed by atoms with Crippen molar-refractivity contribution < 1.29 is 9.59 Å². The van der Waals surface area contributed by atoms with Crippen LogP contribution in [0.5, 0.6) is 0 Å². The number of nitrogens with one attached hydrogen (secondary N) is 2. The van der Waals surface area contributed by atoms with Gasteiger partial charge in [-0.25, -0.2) is 9.67 Å². The normalized spacial score (nSPS) is 11.0. The average Bonchev–Trinajstić information content (AvgIpc) is 3.43. The first kappa shape index (κ1) is 19.9. The molecule has 152 valence electrons. The van der Waals surface area contributed by atoms with Gasteiger partial charge in [-0.1, -0.05) is 24.3 Å². The Morgan fingerprint density at radius 3 is 2.47 bits per heavy atom. The number of hydrogen-bond acceptors (Lipinski definition) is 7. The molecular formula is C20H17N5O3S2. The van der Waals surface area contributed by atoms with Crippen molar-refractivity contribution in [3.63, 3.8) is 0 Å². The lowest BCUT2D eigenvalue weighted by Crippen LogP contribution is -2.42. The summed E-state index contributed by atoms with van der Waals surface area (Å²) in [5.74, 6) is -1.10. The Morgan fingerprint density at radius 2 is 1.77 bits per heavy atom. The number of thiophene rings is 1. The Balaban J connectivity index is 1.56. The summed E-state index contributed by atoms with van der Waals surface area (Å²) in [6, 6.07) is 10.4. The molecule has 0 atom stereocenters. The van der Waals surface area contributed by atoms with Gasteiger partial charge in [-0.05, 0) is 31.4 Å². The fourth-order valence-electron chi connectivity index (χ4n) is 2.85. The van der Waals surface area contributed by atoms with Crippen molar-refractivity contribution in [2.24, 2.45) is 0 Å². The monoisotopic (exact) mass is 439 g/mol. The lowest BCUT2D eigenvalue weighted by Gasteiger charge is -2.13. The van der Waals surface area contributed by atoms with E-state index in [4.69, 9.17) is 0 Å². The third-order valence-corrected chi connectivity index (χ3v) is 6.32. The van der Waals surface area contributed by atoms with Crippen LogP contribution in [-0.2, 0) is 0 Å². The van der Waals surface area contributed by atoms with Gasteiger partial charge in [-0.15, -0.1) is 22.7 Å². The standard InChI is InChI=1S/C20H17N5O3S2/c1-11(2)25-20(28)13-7-4-3-6-12(13)16(24-25)18(27)23-22-17(26)15-10-21-19(30-15)14-8-5-9-29-14/h3-11H,1-2H3,(H,22,26)(H,23,27). The fraction of sp³-hybridized carbons (Fsp3) is 0.150. The van der Waals surface area contributed by atoms with Crippen LogP contribution in [0.15, 0.2) is 52.8 Å². The summed E-state index contributed by atoms with van der Waals surface area (Å²) in [6.07, 6.45) is 1.47. The molecule has 0 unspecified atom stereocenters. The van der Waals surface area contributed by atoms with Gasteiger partial charge < -0.3 is 0 Å². The molecule has 0 aliphatic rings. The molecule has 0 spiro atoms. The first-order valence-electron chi connectivity index (χ1n) is 9.07. The van der Waals surface area contributed by atoms with Crippen LogP contribution in [0.2, 0.25) is 0 Å². The molecule has 8 nitrogen and oxygen atoms in total. The topological polar surface area (TPSA) is 106 Å². The number of rotatable bonds is 4.